The number of para-hydroxylation sites is 1. The first-order chi connectivity index (χ1) is 12.2. The second-order valence-corrected chi connectivity index (χ2v) is 5.78. The number of hydrazone groups is 1. The Morgan fingerprint density at radius 2 is 1.96 bits per heavy atom. The van der Waals surface area contributed by atoms with Crippen LogP contribution in [0.3, 0.4) is 0 Å². The number of ether oxygens (including phenoxy) is 1. The predicted octanol–water partition coefficient (Wildman–Crippen LogP) is 4.03. The average molecular weight is 335 g/mol. The van der Waals surface area contributed by atoms with E-state index in [1.807, 2.05) is 31.2 Å². The summed E-state index contributed by atoms with van der Waals surface area (Å²) in [5, 5.41) is 5.18. The first kappa shape index (κ1) is 16.8. The number of aromatic amines is 1. The van der Waals surface area contributed by atoms with Gasteiger partial charge in [0.1, 0.15) is 5.75 Å². The molecule has 1 aromatic heterocycles. The summed E-state index contributed by atoms with van der Waals surface area (Å²) >= 11 is 0. The standard InChI is InChI=1S/C20H21N3O2/c1-3-12-25-16-10-8-15(9-11-16)20(24)23-21-13-18-14(2)22-19-7-5-4-6-17(18)19/h4-11,13,22H,3,12H2,1-2H3,(H,23,24)/b21-13-. The molecule has 5 heteroatoms. The summed E-state index contributed by atoms with van der Waals surface area (Å²) < 4.78 is 5.51. The average Bonchev–Trinajstić information content (AvgIpc) is 2.96. The zero-order valence-electron chi connectivity index (χ0n) is 14.4. The Kier molecular flexibility index (Phi) is 5.14. The zero-order valence-corrected chi connectivity index (χ0v) is 14.4. The molecule has 25 heavy (non-hydrogen) atoms. The molecule has 5 nitrogen and oxygen atoms in total. The van der Waals surface area contributed by atoms with Gasteiger partial charge in [-0.15, -0.1) is 0 Å². The van der Waals surface area contributed by atoms with Gasteiger partial charge in [0, 0.05) is 27.7 Å². The van der Waals surface area contributed by atoms with Gasteiger partial charge in [-0.3, -0.25) is 4.79 Å². The number of aryl methyl sites for hydroxylation is 1. The third-order valence-corrected chi connectivity index (χ3v) is 3.89. The number of hydrogen-bond acceptors (Lipinski definition) is 3. The van der Waals surface area contributed by atoms with Gasteiger partial charge in [-0.2, -0.15) is 5.10 Å². The number of H-pyrrole nitrogens is 1. The minimum Gasteiger partial charge on any atom is -0.494 e. The molecule has 0 saturated carbocycles. The highest BCUT2D eigenvalue weighted by Crippen LogP contribution is 2.19. The van der Waals surface area contributed by atoms with E-state index < -0.39 is 0 Å². The van der Waals surface area contributed by atoms with Crippen molar-refractivity contribution in [3.8, 4) is 5.75 Å². The van der Waals surface area contributed by atoms with E-state index in [1.165, 1.54) is 0 Å². The second kappa shape index (κ2) is 7.66. The highest BCUT2D eigenvalue weighted by atomic mass is 16.5. The quantitative estimate of drug-likeness (QED) is 0.527. The van der Waals surface area contributed by atoms with Gasteiger partial charge >= 0.3 is 0 Å². The van der Waals surface area contributed by atoms with E-state index in [4.69, 9.17) is 4.74 Å². The van der Waals surface area contributed by atoms with Crippen molar-refractivity contribution in [2.45, 2.75) is 20.3 Å². The molecule has 0 aliphatic heterocycles. The maximum atomic E-state index is 12.2. The molecule has 128 valence electrons. The number of amides is 1. The molecular weight excluding hydrogens is 314 g/mol. The molecule has 1 heterocycles. The minimum absolute atomic E-state index is 0.254. The number of carbonyl (C=O) groups is 1. The molecule has 0 radical (unpaired) electrons. The normalized spacial score (nSPS) is 11.1. The molecule has 3 aromatic rings. The fourth-order valence-corrected chi connectivity index (χ4v) is 2.61. The van der Waals surface area contributed by atoms with Gasteiger partial charge in [0.05, 0.1) is 12.8 Å². The fraction of sp³-hybridized carbons (Fsp3) is 0.200. The SMILES string of the molecule is CCCOc1ccc(C(=O)N/N=C\c2c(C)[nH]c3ccccc23)cc1. The first-order valence-electron chi connectivity index (χ1n) is 8.32. The van der Waals surface area contributed by atoms with E-state index in [2.05, 4.69) is 22.4 Å². The predicted molar refractivity (Wildman–Crippen MR) is 100 cm³/mol. The largest absolute Gasteiger partial charge is 0.494 e. The Bertz CT molecular complexity index is 895. The Balaban J connectivity index is 1.67. The van der Waals surface area contributed by atoms with E-state index in [1.54, 1.807) is 30.5 Å². The summed E-state index contributed by atoms with van der Waals surface area (Å²) in [6.45, 7) is 4.70. The van der Waals surface area contributed by atoms with Gasteiger partial charge in [0.15, 0.2) is 0 Å². The number of hydrogen-bond donors (Lipinski definition) is 2. The molecule has 2 N–H and O–H groups in total. The third-order valence-electron chi connectivity index (χ3n) is 3.89. The zero-order chi connectivity index (χ0) is 17.6. The molecule has 0 atom stereocenters. The summed E-state index contributed by atoms with van der Waals surface area (Å²) in [7, 11) is 0. The Morgan fingerprint density at radius 1 is 1.20 bits per heavy atom. The van der Waals surface area contributed by atoms with Crippen molar-refractivity contribution in [2.24, 2.45) is 5.10 Å². The highest BCUT2D eigenvalue weighted by Gasteiger charge is 2.07. The molecule has 2 aromatic carbocycles. The van der Waals surface area contributed by atoms with Gasteiger partial charge in [-0.05, 0) is 43.7 Å². The summed E-state index contributed by atoms with van der Waals surface area (Å²) in [6.07, 6.45) is 2.62. The van der Waals surface area contributed by atoms with Gasteiger partial charge in [-0.1, -0.05) is 25.1 Å². The van der Waals surface area contributed by atoms with E-state index in [-0.39, 0.29) is 5.91 Å². The van der Waals surface area contributed by atoms with E-state index in [0.717, 1.165) is 34.3 Å². The lowest BCUT2D eigenvalue weighted by Gasteiger charge is -2.05. The van der Waals surface area contributed by atoms with Crippen molar-refractivity contribution in [1.82, 2.24) is 10.4 Å². The smallest absolute Gasteiger partial charge is 0.271 e. The first-order valence-corrected chi connectivity index (χ1v) is 8.32. The number of benzene rings is 2. The number of rotatable bonds is 6. The van der Waals surface area contributed by atoms with Crippen molar-refractivity contribution < 1.29 is 9.53 Å². The van der Waals surface area contributed by atoms with Crippen molar-refractivity contribution in [1.29, 1.82) is 0 Å². The van der Waals surface area contributed by atoms with Crippen LogP contribution in [0.25, 0.3) is 10.9 Å². The lowest BCUT2D eigenvalue weighted by molar-refractivity contribution is 0.0955. The Morgan fingerprint density at radius 3 is 2.72 bits per heavy atom. The maximum Gasteiger partial charge on any atom is 0.271 e. The molecule has 0 fully saturated rings. The Hall–Kier alpha value is -3.08. The van der Waals surface area contributed by atoms with E-state index in [9.17, 15) is 4.79 Å². The van der Waals surface area contributed by atoms with Crippen LogP contribution in [0, 0.1) is 6.92 Å². The van der Waals surface area contributed by atoms with Crippen LogP contribution in [0.5, 0.6) is 5.75 Å². The van der Waals surface area contributed by atoms with Crippen molar-refractivity contribution >= 4 is 23.0 Å². The van der Waals surface area contributed by atoms with Crippen LogP contribution in [-0.2, 0) is 0 Å². The number of aromatic nitrogens is 1. The number of fused-ring (bicyclic) bond motifs is 1. The van der Waals surface area contributed by atoms with Crippen LogP contribution < -0.4 is 10.2 Å². The van der Waals surface area contributed by atoms with Gasteiger partial charge < -0.3 is 9.72 Å². The van der Waals surface area contributed by atoms with Crippen LogP contribution in [0.2, 0.25) is 0 Å². The van der Waals surface area contributed by atoms with Crippen molar-refractivity contribution in [3.05, 3.63) is 65.4 Å². The molecule has 0 aliphatic rings. The number of nitrogens with one attached hydrogen (secondary N) is 2. The molecule has 0 saturated heterocycles. The molecular formula is C20H21N3O2. The highest BCUT2D eigenvalue weighted by molar-refractivity contribution is 6.01. The third kappa shape index (κ3) is 3.88. The Labute approximate surface area is 146 Å². The van der Waals surface area contributed by atoms with Gasteiger partial charge in [-0.25, -0.2) is 5.43 Å². The molecule has 3 rings (SSSR count). The van der Waals surface area contributed by atoms with Crippen molar-refractivity contribution in [3.63, 3.8) is 0 Å². The van der Waals surface area contributed by atoms with Crippen LogP contribution in [0.4, 0.5) is 0 Å². The van der Waals surface area contributed by atoms with E-state index in [0.29, 0.717) is 12.2 Å². The fourth-order valence-electron chi connectivity index (χ4n) is 2.61. The number of nitrogens with zero attached hydrogens (tertiary/aromatic N) is 1. The minimum atomic E-state index is -0.254. The molecule has 1 amide bonds. The van der Waals surface area contributed by atoms with Gasteiger partial charge in [0.2, 0.25) is 0 Å². The lowest BCUT2D eigenvalue weighted by atomic mass is 10.1. The summed E-state index contributed by atoms with van der Waals surface area (Å²) in [5.74, 6) is 0.507. The van der Waals surface area contributed by atoms with Crippen LogP contribution in [0.15, 0.2) is 53.6 Å². The van der Waals surface area contributed by atoms with Gasteiger partial charge in [0.25, 0.3) is 5.91 Å². The summed E-state index contributed by atoms with van der Waals surface area (Å²) in [5.41, 5.74) is 6.14. The van der Waals surface area contributed by atoms with E-state index >= 15 is 0 Å². The topological polar surface area (TPSA) is 66.5 Å². The molecule has 0 aliphatic carbocycles. The lowest BCUT2D eigenvalue weighted by Crippen LogP contribution is -2.17. The molecule has 0 bridgehead atoms. The molecule has 0 spiro atoms. The molecule has 0 unspecified atom stereocenters. The summed E-state index contributed by atoms with van der Waals surface area (Å²) in [4.78, 5) is 15.5. The van der Waals surface area contributed by atoms with Crippen LogP contribution in [0.1, 0.15) is 35.0 Å². The monoisotopic (exact) mass is 335 g/mol. The number of carbonyl (C=O) groups excluding carboxylic acids is 1. The summed E-state index contributed by atoms with van der Waals surface area (Å²) in [6, 6.07) is 15.0. The second-order valence-electron chi connectivity index (χ2n) is 5.78. The van der Waals surface area contributed by atoms with Crippen LogP contribution >= 0.6 is 0 Å². The van der Waals surface area contributed by atoms with Crippen LogP contribution in [-0.4, -0.2) is 23.7 Å². The maximum absolute atomic E-state index is 12.2. The van der Waals surface area contributed by atoms with Crippen molar-refractivity contribution in [2.75, 3.05) is 6.61 Å².